The van der Waals surface area contributed by atoms with Crippen molar-refractivity contribution in [3.63, 3.8) is 0 Å². The van der Waals surface area contributed by atoms with Gasteiger partial charge in [0.1, 0.15) is 0 Å². The lowest BCUT2D eigenvalue weighted by Gasteiger charge is -2.57. The zero-order valence-electron chi connectivity index (χ0n) is 11.9. The number of nitrogens with two attached hydrogens (primary N) is 1. The topological polar surface area (TPSA) is 38.0 Å². The van der Waals surface area contributed by atoms with E-state index in [1.54, 1.807) is 0 Å². The fraction of sp³-hybridized carbons (Fsp3) is 1.00. The molecule has 0 radical (unpaired) electrons. The first-order valence-corrected chi connectivity index (χ1v) is 7.90. The van der Waals surface area contributed by atoms with Crippen molar-refractivity contribution in [2.24, 2.45) is 29.0 Å². The van der Waals surface area contributed by atoms with E-state index in [4.69, 9.17) is 5.84 Å². The molecule has 0 aromatic rings. The Hall–Kier alpha value is -0.290. The number of hydrazine groups is 1. The summed E-state index contributed by atoms with van der Waals surface area (Å²) in [6, 6.07) is -0.187. The third-order valence-corrected chi connectivity index (χ3v) is 5.86. The molecule has 116 valence electrons. The Kier molecular flexibility index (Phi) is 3.78. The third-order valence-electron chi connectivity index (χ3n) is 5.86. The standard InChI is InChI=1S/C15H25F3N2/c16-15(17,18)2-1-13(20-19)9-14-6-10-3-11(7-14)5-12(4-10)8-14/h10-13,20H,1-9,19H2. The predicted molar refractivity (Wildman–Crippen MR) is 71.6 cm³/mol. The molecule has 4 fully saturated rings. The van der Waals surface area contributed by atoms with E-state index in [0.717, 1.165) is 24.2 Å². The molecule has 0 aromatic heterocycles. The summed E-state index contributed by atoms with van der Waals surface area (Å²) in [7, 11) is 0. The van der Waals surface area contributed by atoms with Crippen molar-refractivity contribution in [3.8, 4) is 0 Å². The summed E-state index contributed by atoms with van der Waals surface area (Å²) >= 11 is 0. The van der Waals surface area contributed by atoms with Crippen molar-refractivity contribution >= 4 is 0 Å². The van der Waals surface area contributed by atoms with E-state index < -0.39 is 12.6 Å². The van der Waals surface area contributed by atoms with E-state index in [-0.39, 0.29) is 17.9 Å². The Labute approximate surface area is 118 Å². The van der Waals surface area contributed by atoms with Crippen LogP contribution in [0.5, 0.6) is 0 Å². The van der Waals surface area contributed by atoms with Gasteiger partial charge < -0.3 is 0 Å². The van der Waals surface area contributed by atoms with E-state index >= 15 is 0 Å². The van der Waals surface area contributed by atoms with Crippen LogP contribution >= 0.6 is 0 Å². The maximum absolute atomic E-state index is 12.4. The van der Waals surface area contributed by atoms with Crippen LogP contribution in [0.1, 0.15) is 57.8 Å². The van der Waals surface area contributed by atoms with Crippen LogP contribution in [0.15, 0.2) is 0 Å². The summed E-state index contributed by atoms with van der Waals surface area (Å²) in [6.45, 7) is 0. The SMILES string of the molecule is NNC(CCC(F)(F)F)CC12CC3CC(CC(C3)C1)C2. The average Bonchev–Trinajstić information content (AvgIpc) is 2.31. The molecule has 0 spiro atoms. The average molecular weight is 290 g/mol. The molecule has 4 aliphatic carbocycles. The quantitative estimate of drug-likeness (QED) is 0.597. The van der Waals surface area contributed by atoms with E-state index in [9.17, 15) is 13.2 Å². The normalized spacial score (nSPS) is 41.1. The first-order chi connectivity index (χ1) is 9.37. The molecule has 4 aliphatic rings. The molecule has 1 atom stereocenters. The van der Waals surface area contributed by atoms with Gasteiger partial charge in [-0.2, -0.15) is 13.2 Å². The number of hydrogen-bond acceptors (Lipinski definition) is 2. The summed E-state index contributed by atoms with van der Waals surface area (Å²) in [5.41, 5.74) is 2.94. The highest BCUT2D eigenvalue weighted by Crippen LogP contribution is 2.61. The van der Waals surface area contributed by atoms with Crippen LogP contribution in [0, 0.1) is 23.2 Å². The third kappa shape index (κ3) is 3.14. The molecule has 0 saturated heterocycles. The highest BCUT2D eigenvalue weighted by atomic mass is 19.4. The first kappa shape index (κ1) is 14.6. The minimum absolute atomic E-state index is 0.113. The van der Waals surface area contributed by atoms with Crippen molar-refractivity contribution in [2.75, 3.05) is 0 Å². The zero-order chi connectivity index (χ0) is 14.4. The van der Waals surface area contributed by atoms with Crippen molar-refractivity contribution in [3.05, 3.63) is 0 Å². The lowest BCUT2D eigenvalue weighted by Crippen LogP contribution is -2.49. The van der Waals surface area contributed by atoms with Gasteiger partial charge in [-0.1, -0.05) is 0 Å². The number of alkyl halides is 3. The smallest absolute Gasteiger partial charge is 0.271 e. The van der Waals surface area contributed by atoms with Gasteiger partial charge in [-0.15, -0.1) is 0 Å². The van der Waals surface area contributed by atoms with Crippen LogP contribution < -0.4 is 11.3 Å². The molecular weight excluding hydrogens is 265 g/mol. The summed E-state index contributed by atoms with van der Waals surface area (Å²) < 4.78 is 37.1. The molecular formula is C15H25F3N2. The minimum atomic E-state index is -4.07. The van der Waals surface area contributed by atoms with Gasteiger partial charge in [-0.05, 0) is 74.5 Å². The number of rotatable bonds is 5. The Morgan fingerprint density at radius 3 is 1.95 bits per heavy atom. The number of nitrogens with one attached hydrogen (secondary N) is 1. The molecule has 3 N–H and O–H groups in total. The van der Waals surface area contributed by atoms with Crippen LogP contribution in [-0.2, 0) is 0 Å². The van der Waals surface area contributed by atoms with Gasteiger partial charge in [0.2, 0.25) is 0 Å². The van der Waals surface area contributed by atoms with E-state index in [0.29, 0.717) is 0 Å². The van der Waals surface area contributed by atoms with Gasteiger partial charge >= 0.3 is 6.18 Å². The first-order valence-electron chi connectivity index (χ1n) is 7.90. The predicted octanol–water partition coefficient (Wildman–Crippen LogP) is 3.77. The molecule has 0 aliphatic heterocycles. The molecule has 4 rings (SSSR count). The lowest BCUT2D eigenvalue weighted by molar-refractivity contribution is -0.138. The van der Waals surface area contributed by atoms with Gasteiger partial charge in [-0.3, -0.25) is 11.3 Å². The summed E-state index contributed by atoms with van der Waals surface area (Å²) in [5.74, 6) is 8.02. The Morgan fingerprint density at radius 1 is 1.05 bits per heavy atom. The Morgan fingerprint density at radius 2 is 1.55 bits per heavy atom. The highest BCUT2D eigenvalue weighted by Gasteiger charge is 2.51. The van der Waals surface area contributed by atoms with Crippen LogP contribution in [-0.4, -0.2) is 12.2 Å². The maximum Gasteiger partial charge on any atom is 0.389 e. The Balaban J connectivity index is 1.61. The molecule has 4 bridgehead atoms. The monoisotopic (exact) mass is 290 g/mol. The maximum atomic E-state index is 12.4. The van der Waals surface area contributed by atoms with E-state index in [1.165, 1.54) is 38.5 Å². The second-order valence-corrected chi connectivity index (χ2v) is 7.64. The van der Waals surface area contributed by atoms with Crippen LogP contribution in [0.3, 0.4) is 0 Å². The number of halogens is 3. The largest absolute Gasteiger partial charge is 0.389 e. The molecule has 4 saturated carbocycles. The van der Waals surface area contributed by atoms with Gasteiger partial charge in [0.25, 0.3) is 0 Å². The highest BCUT2D eigenvalue weighted by molar-refractivity contribution is 5.02. The molecule has 0 aromatic carbocycles. The van der Waals surface area contributed by atoms with E-state index in [1.807, 2.05) is 0 Å². The lowest BCUT2D eigenvalue weighted by atomic mass is 9.48. The van der Waals surface area contributed by atoms with Crippen LogP contribution in [0.2, 0.25) is 0 Å². The van der Waals surface area contributed by atoms with Gasteiger partial charge in [-0.25, -0.2) is 0 Å². The second kappa shape index (κ2) is 5.16. The van der Waals surface area contributed by atoms with Gasteiger partial charge in [0.15, 0.2) is 0 Å². The fourth-order valence-corrected chi connectivity index (χ4v) is 5.64. The molecule has 1 unspecified atom stereocenters. The second-order valence-electron chi connectivity index (χ2n) is 7.64. The fourth-order valence-electron chi connectivity index (χ4n) is 5.64. The Bertz CT molecular complexity index is 318. The molecule has 20 heavy (non-hydrogen) atoms. The number of hydrogen-bond donors (Lipinski definition) is 2. The summed E-state index contributed by atoms with van der Waals surface area (Å²) in [4.78, 5) is 0. The zero-order valence-corrected chi connectivity index (χ0v) is 11.9. The van der Waals surface area contributed by atoms with Crippen molar-refractivity contribution in [1.29, 1.82) is 0 Å². The summed E-state index contributed by atoms with van der Waals surface area (Å²) in [6.07, 6.45) is 3.92. The minimum Gasteiger partial charge on any atom is -0.271 e. The van der Waals surface area contributed by atoms with Crippen LogP contribution in [0.4, 0.5) is 13.2 Å². The van der Waals surface area contributed by atoms with Gasteiger partial charge in [0, 0.05) is 12.5 Å². The van der Waals surface area contributed by atoms with E-state index in [2.05, 4.69) is 5.43 Å². The van der Waals surface area contributed by atoms with Gasteiger partial charge in [0.05, 0.1) is 0 Å². The molecule has 2 nitrogen and oxygen atoms in total. The summed E-state index contributed by atoms with van der Waals surface area (Å²) in [5, 5.41) is 0. The van der Waals surface area contributed by atoms with Crippen molar-refractivity contribution < 1.29 is 13.2 Å². The van der Waals surface area contributed by atoms with Crippen molar-refractivity contribution in [1.82, 2.24) is 5.43 Å². The molecule has 0 amide bonds. The molecule has 5 heteroatoms. The van der Waals surface area contributed by atoms with Crippen LogP contribution in [0.25, 0.3) is 0 Å². The van der Waals surface area contributed by atoms with Crippen molar-refractivity contribution in [2.45, 2.75) is 70.0 Å². The molecule has 0 heterocycles.